The molecule has 1 fully saturated rings. The fraction of sp³-hybridized carbons (Fsp3) is 0.421. The predicted octanol–water partition coefficient (Wildman–Crippen LogP) is 1.77. The van der Waals surface area contributed by atoms with E-state index in [1.807, 2.05) is 0 Å². The van der Waals surface area contributed by atoms with Crippen molar-refractivity contribution in [1.82, 2.24) is 14.9 Å². The molecule has 0 bridgehead atoms. The molecule has 9 heteroatoms. The first-order chi connectivity index (χ1) is 13.7. The van der Waals surface area contributed by atoms with Crippen LogP contribution < -0.4 is 15.8 Å². The van der Waals surface area contributed by atoms with E-state index in [4.69, 9.17) is 15.2 Å². The van der Waals surface area contributed by atoms with Crippen LogP contribution in [0.25, 0.3) is 0 Å². The van der Waals surface area contributed by atoms with Gasteiger partial charge in [0.25, 0.3) is 0 Å². The van der Waals surface area contributed by atoms with E-state index in [1.54, 1.807) is 24.3 Å². The van der Waals surface area contributed by atoms with Gasteiger partial charge in [-0.2, -0.15) is 4.98 Å². The number of ether oxygens (including phenoxy) is 3. The molecule has 0 unspecified atom stereocenters. The summed E-state index contributed by atoms with van der Waals surface area (Å²) in [7, 11) is 1.34. The number of nitrogen functional groups attached to an aromatic ring is 1. The molecule has 0 amide bonds. The summed E-state index contributed by atoms with van der Waals surface area (Å²) in [5.41, 5.74) is 6.92. The Kier molecular flexibility index (Phi) is 6.99. The molecular weight excluding hydrogens is 362 g/mol. The largest absolute Gasteiger partial charge is 0.465 e. The first-order valence-electron chi connectivity index (χ1n) is 9.18. The van der Waals surface area contributed by atoms with Gasteiger partial charge in [-0.15, -0.1) is 0 Å². The van der Waals surface area contributed by atoms with E-state index >= 15 is 0 Å². The van der Waals surface area contributed by atoms with Crippen LogP contribution in [0.3, 0.4) is 0 Å². The quantitative estimate of drug-likeness (QED) is 0.517. The molecule has 3 N–H and O–H groups in total. The first-order valence-corrected chi connectivity index (χ1v) is 9.18. The minimum absolute atomic E-state index is 0.261. The normalized spacial score (nSPS) is 14.5. The lowest BCUT2D eigenvalue weighted by atomic mass is 10.2. The highest BCUT2D eigenvalue weighted by Gasteiger charge is 2.12. The lowest BCUT2D eigenvalue weighted by molar-refractivity contribution is 0.0378. The van der Waals surface area contributed by atoms with Crippen LogP contribution in [-0.4, -0.2) is 67.3 Å². The third-order valence-corrected chi connectivity index (χ3v) is 4.38. The molecule has 1 aliphatic rings. The van der Waals surface area contributed by atoms with Gasteiger partial charge in [0.1, 0.15) is 17.8 Å². The van der Waals surface area contributed by atoms with Gasteiger partial charge in [-0.05, 0) is 37.2 Å². The Balaban J connectivity index is 1.54. The second-order valence-corrected chi connectivity index (χ2v) is 6.29. The predicted molar refractivity (Wildman–Crippen MR) is 105 cm³/mol. The number of aromatic nitrogens is 2. The molecule has 150 valence electrons. The van der Waals surface area contributed by atoms with Gasteiger partial charge < -0.3 is 25.3 Å². The highest BCUT2D eigenvalue weighted by Crippen LogP contribution is 2.29. The topological polar surface area (TPSA) is 112 Å². The van der Waals surface area contributed by atoms with Crippen LogP contribution in [0.15, 0.2) is 30.6 Å². The molecule has 1 aromatic carbocycles. The molecule has 2 aromatic rings. The maximum Gasteiger partial charge on any atom is 0.337 e. The SMILES string of the molecule is COC(=O)c1ccc(Oc2ncnc(NCCCN3CCOCC3)c2N)cc1. The average molecular weight is 387 g/mol. The molecule has 0 aliphatic carbocycles. The van der Waals surface area contributed by atoms with Gasteiger partial charge in [0, 0.05) is 19.6 Å². The van der Waals surface area contributed by atoms with Gasteiger partial charge in [-0.1, -0.05) is 0 Å². The number of nitrogens with two attached hydrogens (primary N) is 1. The van der Waals surface area contributed by atoms with E-state index in [0.717, 1.165) is 45.8 Å². The Morgan fingerprint density at radius 1 is 1.25 bits per heavy atom. The van der Waals surface area contributed by atoms with Crippen LogP contribution in [0.5, 0.6) is 11.6 Å². The summed E-state index contributed by atoms with van der Waals surface area (Å²) in [6.45, 7) is 5.29. The molecule has 1 aromatic heterocycles. The van der Waals surface area contributed by atoms with Crippen LogP contribution >= 0.6 is 0 Å². The lowest BCUT2D eigenvalue weighted by Gasteiger charge is -2.26. The third kappa shape index (κ3) is 5.30. The Labute approximate surface area is 163 Å². The molecule has 0 spiro atoms. The van der Waals surface area contributed by atoms with E-state index in [2.05, 4.69) is 24.9 Å². The van der Waals surface area contributed by atoms with Crippen molar-refractivity contribution in [2.45, 2.75) is 6.42 Å². The molecular formula is C19H25N5O4. The second kappa shape index (κ2) is 9.86. The van der Waals surface area contributed by atoms with Gasteiger partial charge in [0.2, 0.25) is 5.88 Å². The Morgan fingerprint density at radius 3 is 2.71 bits per heavy atom. The molecule has 0 saturated carbocycles. The number of rotatable bonds is 8. The minimum Gasteiger partial charge on any atom is -0.465 e. The summed E-state index contributed by atoms with van der Waals surface area (Å²) in [6.07, 6.45) is 2.37. The first kappa shape index (κ1) is 19.8. The number of carbonyl (C=O) groups is 1. The number of carbonyl (C=O) groups excluding carboxylic acids is 1. The molecule has 28 heavy (non-hydrogen) atoms. The van der Waals surface area contributed by atoms with E-state index in [9.17, 15) is 4.79 Å². The zero-order valence-electron chi connectivity index (χ0n) is 15.9. The van der Waals surface area contributed by atoms with E-state index in [-0.39, 0.29) is 5.88 Å². The number of benzene rings is 1. The van der Waals surface area contributed by atoms with Crippen molar-refractivity contribution >= 4 is 17.5 Å². The molecule has 2 heterocycles. The van der Waals surface area contributed by atoms with Crippen LogP contribution in [0, 0.1) is 0 Å². The zero-order valence-corrected chi connectivity index (χ0v) is 15.9. The standard InChI is InChI=1S/C19H25N5O4/c1-26-19(25)14-3-5-15(6-4-14)28-18-16(20)17(22-13-23-18)21-7-2-8-24-9-11-27-12-10-24/h3-6,13H,2,7-12,20H2,1H3,(H,21,22,23). The average Bonchev–Trinajstić information content (AvgIpc) is 2.74. The summed E-state index contributed by atoms with van der Waals surface area (Å²) < 4.78 is 15.8. The van der Waals surface area contributed by atoms with Crippen LogP contribution in [0.1, 0.15) is 16.8 Å². The lowest BCUT2D eigenvalue weighted by Crippen LogP contribution is -2.37. The van der Waals surface area contributed by atoms with Crippen LogP contribution in [0.2, 0.25) is 0 Å². The van der Waals surface area contributed by atoms with Crippen LogP contribution in [-0.2, 0) is 9.47 Å². The maximum atomic E-state index is 11.5. The van der Waals surface area contributed by atoms with Crippen molar-refractivity contribution in [3.63, 3.8) is 0 Å². The van der Waals surface area contributed by atoms with E-state index < -0.39 is 5.97 Å². The number of methoxy groups -OCH3 is 1. The van der Waals surface area contributed by atoms with Gasteiger partial charge >= 0.3 is 5.97 Å². The number of anilines is 2. The fourth-order valence-electron chi connectivity index (χ4n) is 2.82. The third-order valence-electron chi connectivity index (χ3n) is 4.38. The molecule has 0 atom stereocenters. The van der Waals surface area contributed by atoms with Crippen molar-refractivity contribution in [2.24, 2.45) is 0 Å². The number of hydrogen-bond donors (Lipinski definition) is 2. The van der Waals surface area contributed by atoms with Gasteiger partial charge in [0.15, 0.2) is 5.82 Å². The van der Waals surface area contributed by atoms with Crippen molar-refractivity contribution in [2.75, 3.05) is 57.6 Å². The number of nitrogens with zero attached hydrogens (tertiary/aromatic N) is 3. The number of morpholine rings is 1. The highest BCUT2D eigenvalue weighted by molar-refractivity contribution is 5.89. The van der Waals surface area contributed by atoms with Gasteiger partial charge in [-0.25, -0.2) is 9.78 Å². The summed E-state index contributed by atoms with van der Waals surface area (Å²) in [6, 6.07) is 6.54. The molecule has 9 nitrogen and oxygen atoms in total. The van der Waals surface area contributed by atoms with E-state index in [1.165, 1.54) is 13.4 Å². The summed E-state index contributed by atoms with van der Waals surface area (Å²) >= 11 is 0. The van der Waals surface area contributed by atoms with Crippen molar-refractivity contribution in [3.05, 3.63) is 36.2 Å². The monoisotopic (exact) mass is 387 g/mol. The van der Waals surface area contributed by atoms with Gasteiger partial charge in [0.05, 0.1) is 25.9 Å². The highest BCUT2D eigenvalue weighted by atomic mass is 16.5. The molecule has 0 radical (unpaired) electrons. The Bertz CT molecular complexity index is 778. The summed E-state index contributed by atoms with van der Waals surface area (Å²) in [5.74, 6) is 0.905. The fourth-order valence-corrected chi connectivity index (χ4v) is 2.82. The molecule has 1 aliphatic heterocycles. The smallest absolute Gasteiger partial charge is 0.337 e. The molecule has 1 saturated heterocycles. The number of hydrogen-bond acceptors (Lipinski definition) is 9. The minimum atomic E-state index is -0.406. The van der Waals surface area contributed by atoms with Crippen molar-refractivity contribution in [3.8, 4) is 11.6 Å². The molecule has 3 rings (SSSR count). The zero-order chi connectivity index (χ0) is 19.8. The summed E-state index contributed by atoms with van der Waals surface area (Å²) in [4.78, 5) is 22.2. The van der Waals surface area contributed by atoms with E-state index in [0.29, 0.717) is 22.8 Å². The second-order valence-electron chi connectivity index (χ2n) is 6.29. The Morgan fingerprint density at radius 2 is 2.00 bits per heavy atom. The number of esters is 1. The maximum absolute atomic E-state index is 11.5. The summed E-state index contributed by atoms with van der Waals surface area (Å²) in [5, 5.41) is 3.24. The van der Waals surface area contributed by atoms with Gasteiger partial charge in [-0.3, -0.25) is 4.90 Å². The van der Waals surface area contributed by atoms with Crippen molar-refractivity contribution < 1.29 is 19.0 Å². The Hall–Kier alpha value is -2.91. The van der Waals surface area contributed by atoms with Crippen molar-refractivity contribution in [1.29, 1.82) is 0 Å². The number of nitrogens with one attached hydrogen (secondary N) is 1. The van der Waals surface area contributed by atoms with Crippen LogP contribution in [0.4, 0.5) is 11.5 Å².